The number of nitrogens with zero attached hydrogens (tertiary/aromatic N) is 1. The largest absolute Gasteiger partial charge is 0.453 e. The molecule has 0 aliphatic carbocycles. The molecule has 0 unspecified atom stereocenters. The van der Waals surface area contributed by atoms with Crippen LogP contribution in [0.15, 0.2) is 47.5 Å². The molecule has 2 aromatic rings. The van der Waals surface area contributed by atoms with Crippen molar-refractivity contribution < 1.29 is 18.3 Å². The van der Waals surface area contributed by atoms with Crippen molar-refractivity contribution in [1.82, 2.24) is 10.6 Å². The van der Waals surface area contributed by atoms with Crippen LogP contribution in [0.5, 0.6) is 0 Å². The van der Waals surface area contributed by atoms with E-state index >= 15 is 0 Å². The Hall–Kier alpha value is -2.43. The zero-order valence-corrected chi connectivity index (χ0v) is 17.9. The quantitative estimate of drug-likeness (QED) is 0.316. The smallest absolute Gasteiger partial charge is 0.411 e. The van der Waals surface area contributed by atoms with E-state index in [4.69, 9.17) is 0 Å². The fourth-order valence-corrected chi connectivity index (χ4v) is 2.23. The van der Waals surface area contributed by atoms with Gasteiger partial charge in [0.15, 0.2) is 5.96 Å². The van der Waals surface area contributed by atoms with Gasteiger partial charge in [-0.2, -0.15) is 0 Å². The molecule has 1 amide bonds. The van der Waals surface area contributed by atoms with Crippen LogP contribution in [-0.2, 0) is 17.8 Å². The fraction of sp³-hybridized carbons (Fsp3) is 0.263. The van der Waals surface area contributed by atoms with Gasteiger partial charge in [0.1, 0.15) is 11.6 Å². The SMILES string of the molecule is CCNC(=NCc1ccc(NC(=O)OC)cc1)NCc1cc(F)ccc1F.I. The van der Waals surface area contributed by atoms with E-state index in [0.29, 0.717) is 24.7 Å². The molecule has 0 aliphatic heterocycles. The lowest BCUT2D eigenvalue weighted by molar-refractivity contribution is 0.187. The highest BCUT2D eigenvalue weighted by Gasteiger charge is 2.05. The first-order valence-electron chi connectivity index (χ1n) is 8.42. The molecule has 9 heteroatoms. The van der Waals surface area contributed by atoms with Crippen LogP contribution in [0.2, 0.25) is 0 Å². The van der Waals surface area contributed by atoms with Crippen molar-refractivity contribution in [2.45, 2.75) is 20.0 Å². The lowest BCUT2D eigenvalue weighted by Gasteiger charge is -2.12. The van der Waals surface area contributed by atoms with Crippen LogP contribution < -0.4 is 16.0 Å². The minimum absolute atomic E-state index is 0. The number of benzene rings is 2. The van der Waals surface area contributed by atoms with E-state index in [-0.39, 0.29) is 36.1 Å². The van der Waals surface area contributed by atoms with Crippen LogP contribution in [0.25, 0.3) is 0 Å². The maximum absolute atomic E-state index is 13.7. The van der Waals surface area contributed by atoms with E-state index in [0.717, 1.165) is 23.8 Å². The van der Waals surface area contributed by atoms with Crippen LogP contribution >= 0.6 is 24.0 Å². The molecule has 152 valence electrons. The third kappa shape index (κ3) is 7.67. The standard InChI is InChI=1S/C19H22F2N4O2.HI/c1-3-22-18(24-12-14-10-15(20)6-9-17(14)21)23-11-13-4-7-16(8-5-13)25-19(26)27-2;/h4-10H,3,11-12H2,1-2H3,(H,25,26)(H2,22,23,24);1H. The lowest BCUT2D eigenvalue weighted by Crippen LogP contribution is -2.37. The van der Waals surface area contributed by atoms with Crippen LogP contribution in [0.1, 0.15) is 18.1 Å². The van der Waals surface area contributed by atoms with E-state index in [1.54, 1.807) is 12.1 Å². The van der Waals surface area contributed by atoms with Gasteiger partial charge in [0.25, 0.3) is 0 Å². The molecular weight excluding hydrogens is 481 g/mol. The van der Waals surface area contributed by atoms with E-state index < -0.39 is 17.7 Å². The number of aliphatic imine (C=N–C) groups is 1. The topological polar surface area (TPSA) is 74.8 Å². The first kappa shape index (κ1) is 23.6. The van der Waals surface area contributed by atoms with Gasteiger partial charge >= 0.3 is 6.09 Å². The normalized spacial score (nSPS) is 10.6. The van der Waals surface area contributed by atoms with Gasteiger partial charge in [-0.25, -0.2) is 18.6 Å². The number of nitrogens with one attached hydrogen (secondary N) is 3. The number of hydrogen-bond acceptors (Lipinski definition) is 3. The Morgan fingerprint density at radius 1 is 1.11 bits per heavy atom. The number of carbonyl (C=O) groups excluding carboxylic acids is 1. The zero-order chi connectivity index (χ0) is 19.6. The molecule has 28 heavy (non-hydrogen) atoms. The molecule has 0 atom stereocenters. The summed E-state index contributed by atoms with van der Waals surface area (Å²) in [6.07, 6.45) is -0.538. The molecule has 0 saturated heterocycles. The summed E-state index contributed by atoms with van der Waals surface area (Å²) in [5.74, 6) is -0.484. The second-order valence-electron chi connectivity index (χ2n) is 5.60. The van der Waals surface area contributed by atoms with E-state index in [1.807, 2.05) is 19.1 Å². The predicted octanol–water partition coefficient (Wildman–Crippen LogP) is 4.02. The third-order valence-electron chi connectivity index (χ3n) is 3.60. The number of anilines is 1. The molecule has 2 rings (SSSR count). The number of guanidine groups is 1. The first-order chi connectivity index (χ1) is 13.0. The molecular formula is C19H23F2IN4O2. The molecule has 0 spiro atoms. The summed E-state index contributed by atoms with van der Waals surface area (Å²) in [6.45, 7) is 3.02. The summed E-state index contributed by atoms with van der Waals surface area (Å²) in [7, 11) is 1.30. The van der Waals surface area contributed by atoms with Crippen LogP contribution in [0.4, 0.5) is 19.3 Å². The molecule has 0 saturated carbocycles. The Balaban J connectivity index is 0.00000392. The molecule has 6 nitrogen and oxygen atoms in total. The first-order valence-corrected chi connectivity index (χ1v) is 8.42. The number of ether oxygens (including phenoxy) is 1. The van der Waals surface area contributed by atoms with E-state index in [1.165, 1.54) is 7.11 Å². The second kappa shape index (κ2) is 12.1. The summed E-state index contributed by atoms with van der Waals surface area (Å²) in [6, 6.07) is 10.5. The number of amides is 1. The number of methoxy groups -OCH3 is 1. The number of hydrogen-bond donors (Lipinski definition) is 3. The second-order valence-corrected chi connectivity index (χ2v) is 5.60. The minimum Gasteiger partial charge on any atom is -0.453 e. The van der Waals surface area contributed by atoms with Crippen LogP contribution in [-0.4, -0.2) is 25.7 Å². The maximum atomic E-state index is 13.7. The summed E-state index contributed by atoms with van der Waals surface area (Å²) in [5, 5.41) is 8.59. The Labute approximate surface area is 179 Å². The van der Waals surface area contributed by atoms with Crippen molar-refractivity contribution in [3.05, 3.63) is 65.2 Å². The highest BCUT2D eigenvalue weighted by atomic mass is 127. The summed E-state index contributed by atoms with van der Waals surface area (Å²) >= 11 is 0. The van der Waals surface area contributed by atoms with E-state index in [9.17, 15) is 13.6 Å². The van der Waals surface area contributed by atoms with Crippen LogP contribution in [0.3, 0.4) is 0 Å². The number of rotatable bonds is 6. The van der Waals surface area contributed by atoms with Gasteiger partial charge in [0, 0.05) is 24.3 Å². The molecule has 0 heterocycles. The average Bonchev–Trinajstić information content (AvgIpc) is 2.67. The Kier molecular flexibility index (Phi) is 10.2. The molecule has 3 N–H and O–H groups in total. The zero-order valence-electron chi connectivity index (χ0n) is 15.6. The van der Waals surface area contributed by atoms with Gasteiger partial charge in [0.2, 0.25) is 0 Å². The minimum atomic E-state index is -0.538. The molecule has 0 aromatic heterocycles. The Bertz CT molecular complexity index is 801. The van der Waals surface area contributed by atoms with Gasteiger partial charge < -0.3 is 15.4 Å². The third-order valence-corrected chi connectivity index (χ3v) is 3.60. The number of carbonyl (C=O) groups is 1. The maximum Gasteiger partial charge on any atom is 0.411 e. The van der Waals surface area contributed by atoms with Gasteiger partial charge in [-0.1, -0.05) is 12.1 Å². The average molecular weight is 504 g/mol. The van der Waals surface area contributed by atoms with Crippen molar-refractivity contribution in [3.63, 3.8) is 0 Å². The highest BCUT2D eigenvalue weighted by molar-refractivity contribution is 14.0. The summed E-state index contributed by atoms with van der Waals surface area (Å²) in [4.78, 5) is 15.6. The lowest BCUT2D eigenvalue weighted by atomic mass is 10.2. The van der Waals surface area contributed by atoms with Gasteiger partial charge in [-0.05, 0) is 42.8 Å². The van der Waals surface area contributed by atoms with E-state index in [2.05, 4.69) is 25.7 Å². The fourth-order valence-electron chi connectivity index (χ4n) is 2.23. The Morgan fingerprint density at radius 3 is 2.46 bits per heavy atom. The molecule has 0 radical (unpaired) electrons. The monoisotopic (exact) mass is 504 g/mol. The van der Waals surface area contributed by atoms with Gasteiger partial charge in [-0.3, -0.25) is 5.32 Å². The van der Waals surface area contributed by atoms with Crippen molar-refractivity contribution in [1.29, 1.82) is 0 Å². The van der Waals surface area contributed by atoms with Crippen LogP contribution in [0, 0.1) is 11.6 Å². The van der Waals surface area contributed by atoms with Crippen molar-refractivity contribution in [2.75, 3.05) is 19.0 Å². The summed E-state index contributed by atoms with van der Waals surface area (Å²) < 4.78 is 31.5. The Morgan fingerprint density at radius 2 is 1.82 bits per heavy atom. The van der Waals surface area contributed by atoms with Crippen molar-refractivity contribution in [2.24, 2.45) is 4.99 Å². The molecule has 0 aliphatic rings. The molecule has 0 bridgehead atoms. The predicted molar refractivity (Wildman–Crippen MR) is 116 cm³/mol. The molecule has 0 fully saturated rings. The highest BCUT2D eigenvalue weighted by Crippen LogP contribution is 2.11. The number of halogens is 3. The van der Waals surface area contributed by atoms with Crippen molar-refractivity contribution in [3.8, 4) is 0 Å². The van der Waals surface area contributed by atoms with Gasteiger partial charge in [-0.15, -0.1) is 24.0 Å². The van der Waals surface area contributed by atoms with Crippen molar-refractivity contribution >= 4 is 41.7 Å². The summed E-state index contributed by atoms with van der Waals surface area (Å²) in [5.41, 5.74) is 1.75. The molecule has 2 aromatic carbocycles. The van der Waals surface area contributed by atoms with Gasteiger partial charge in [0.05, 0.1) is 13.7 Å².